The molecule has 0 saturated heterocycles. The largest absolute Gasteiger partial charge is 0.326 e. The van der Waals surface area contributed by atoms with Crippen molar-refractivity contribution in [3.05, 3.63) is 71.4 Å². The number of nitrogens with zero attached hydrogens (tertiary/aromatic N) is 6. The summed E-state index contributed by atoms with van der Waals surface area (Å²) in [5, 5.41) is 10.6. The third-order valence-electron chi connectivity index (χ3n) is 5.13. The zero-order chi connectivity index (χ0) is 19.3. The molecule has 4 heterocycles. The van der Waals surface area contributed by atoms with Crippen LogP contribution >= 0.6 is 15.9 Å². The Labute approximate surface area is 171 Å². The summed E-state index contributed by atoms with van der Waals surface area (Å²) < 4.78 is 4.73. The minimum absolute atomic E-state index is 0.427. The maximum absolute atomic E-state index is 4.85. The first-order chi connectivity index (χ1) is 13.6. The van der Waals surface area contributed by atoms with E-state index < -0.39 is 0 Å². The van der Waals surface area contributed by atoms with Crippen molar-refractivity contribution in [2.75, 3.05) is 4.90 Å². The second-order valence-corrected chi connectivity index (χ2v) is 7.87. The van der Waals surface area contributed by atoms with Crippen LogP contribution in [0.1, 0.15) is 20.3 Å². The van der Waals surface area contributed by atoms with E-state index >= 15 is 0 Å². The van der Waals surface area contributed by atoms with Gasteiger partial charge >= 0.3 is 0 Å². The lowest BCUT2D eigenvalue weighted by atomic mass is 10.2. The first kappa shape index (κ1) is 17.2. The van der Waals surface area contributed by atoms with Crippen LogP contribution in [0.4, 0.5) is 5.82 Å². The Kier molecular flexibility index (Phi) is 4.05. The lowest BCUT2D eigenvalue weighted by molar-refractivity contribution is 0.726. The molecule has 0 radical (unpaired) electrons. The van der Waals surface area contributed by atoms with Gasteiger partial charge in [-0.05, 0) is 66.5 Å². The zero-order valence-electron chi connectivity index (χ0n) is 15.6. The number of allylic oxidation sites excluding steroid dienone is 1. The molecule has 1 atom stereocenters. The van der Waals surface area contributed by atoms with Crippen LogP contribution in [0.5, 0.6) is 0 Å². The summed E-state index contributed by atoms with van der Waals surface area (Å²) in [7, 11) is 0. The van der Waals surface area contributed by atoms with Gasteiger partial charge in [0, 0.05) is 41.8 Å². The standard InChI is InChI=1S/C21H19BrN6/c1-14-3-4-15(2)27(14)21-12-20(22)28(25-21)18-5-6-19-16(11-18)13-26(24-19)17-7-9-23-10-8-17/h3,5-13,15H,4H2,1-2H3. The van der Waals surface area contributed by atoms with Crippen LogP contribution in [0.15, 0.2) is 71.4 Å². The molecule has 3 aromatic heterocycles. The molecule has 1 aliphatic rings. The Morgan fingerprint density at radius 3 is 2.61 bits per heavy atom. The lowest BCUT2D eigenvalue weighted by Gasteiger charge is -2.23. The Morgan fingerprint density at radius 1 is 1.04 bits per heavy atom. The summed E-state index contributed by atoms with van der Waals surface area (Å²) in [6.07, 6.45) is 8.88. The normalized spacial score (nSPS) is 16.8. The molecule has 6 nitrogen and oxygen atoms in total. The van der Waals surface area contributed by atoms with Gasteiger partial charge in [0.2, 0.25) is 0 Å². The Hall–Kier alpha value is -2.93. The van der Waals surface area contributed by atoms with Gasteiger partial charge in [-0.3, -0.25) is 4.98 Å². The second-order valence-electron chi connectivity index (χ2n) is 7.06. The van der Waals surface area contributed by atoms with Crippen LogP contribution in [0.2, 0.25) is 0 Å². The molecule has 140 valence electrons. The van der Waals surface area contributed by atoms with Gasteiger partial charge in [0.15, 0.2) is 5.82 Å². The van der Waals surface area contributed by atoms with Gasteiger partial charge in [-0.2, -0.15) is 5.10 Å². The topological polar surface area (TPSA) is 51.8 Å². The highest BCUT2D eigenvalue weighted by Crippen LogP contribution is 2.31. The molecule has 0 amide bonds. The van der Waals surface area contributed by atoms with Gasteiger partial charge in [0.05, 0.1) is 16.9 Å². The maximum Gasteiger partial charge on any atom is 0.156 e. The first-order valence-corrected chi connectivity index (χ1v) is 10.0. The van der Waals surface area contributed by atoms with Gasteiger partial charge in [-0.1, -0.05) is 6.08 Å². The predicted octanol–water partition coefficient (Wildman–Crippen LogP) is 4.87. The summed E-state index contributed by atoms with van der Waals surface area (Å²) in [5.74, 6) is 0.957. The molecule has 5 rings (SSSR count). The molecular formula is C21H19BrN6. The van der Waals surface area contributed by atoms with E-state index in [2.05, 4.69) is 63.0 Å². The molecule has 0 spiro atoms. The van der Waals surface area contributed by atoms with Crippen LogP contribution in [0.3, 0.4) is 0 Å². The van der Waals surface area contributed by atoms with Crippen molar-refractivity contribution in [1.29, 1.82) is 0 Å². The molecule has 4 aromatic rings. The number of aromatic nitrogens is 5. The Balaban J connectivity index is 1.54. The van der Waals surface area contributed by atoms with Crippen LogP contribution < -0.4 is 4.90 Å². The van der Waals surface area contributed by atoms with Gasteiger partial charge < -0.3 is 4.90 Å². The van der Waals surface area contributed by atoms with Crippen molar-refractivity contribution in [2.45, 2.75) is 26.3 Å². The second kappa shape index (κ2) is 6.60. The number of halogens is 1. The minimum Gasteiger partial charge on any atom is -0.326 e. The van der Waals surface area contributed by atoms with Crippen molar-refractivity contribution in [3.8, 4) is 11.4 Å². The highest BCUT2D eigenvalue weighted by molar-refractivity contribution is 9.10. The molecule has 7 heteroatoms. The van der Waals surface area contributed by atoms with E-state index in [4.69, 9.17) is 5.10 Å². The van der Waals surface area contributed by atoms with E-state index in [0.29, 0.717) is 6.04 Å². The number of hydrogen-bond acceptors (Lipinski definition) is 4. The summed E-state index contributed by atoms with van der Waals surface area (Å²) >= 11 is 3.67. The van der Waals surface area contributed by atoms with Crippen LogP contribution in [-0.4, -0.2) is 30.6 Å². The van der Waals surface area contributed by atoms with Crippen molar-refractivity contribution >= 4 is 32.7 Å². The van der Waals surface area contributed by atoms with Crippen molar-refractivity contribution in [1.82, 2.24) is 24.5 Å². The van der Waals surface area contributed by atoms with E-state index in [1.54, 1.807) is 12.4 Å². The van der Waals surface area contributed by atoms with Crippen LogP contribution in [-0.2, 0) is 0 Å². The number of benzene rings is 1. The summed E-state index contributed by atoms with van der Waals surface area (Å²) in [4.78, 5) is 6.35. The molecule has 0 saturated carbocycles. The van der Waals surface area contributed by atoms with Crippen molar-refractivity contribution in [3.63, 3.8) is 0 Å². The monoisotopic (exact) mass is 434 g/mol. The van der Waals surface area contributed by atoms with Gasteiger partial charge in [-0.15, -0.1) is 5.10 Å². The number of pyridine rings is 1. The molecule has 1 aliphatic heterocycles. The molecular weight excluding hydrogens is 416 g/mol. The fourth-order valence-corrected chi connectivity index (χ4v) is 4.21. The van der Waals surface area contributed by atoms with E-state index in [-0.39, 0.29) is 0 Å². The van der Waals surface area contributed by atoms with Crippen LogP contribution in [0.25, 0.3) is 22.3 Å². The average molecular weight is 435 g/mol. The third-order valence-corrected chi connectivity index (χ3v) is 5.70. The van der Waals surface area contributed by atoms with Gasteiger partial charge in [-0.25, -0.2) is 9.36 Å². The zero-order valence-corrected chi connectivity index (χ0v) is 17.2. The SMILES string of the molecule is CC1=CCC(C)N1c1cc(Br)n(-c2ccc3nn(-c4ccncc4)cc3c2)n1. The summed E-state index contributed by atoms with van der Waals surface area (Å²) in [6, 6.07) is 12.6. The van der Waals surface area contributed by atoms with Crippen molar-refractivity contribution in [2.24, 2.45) is 0 Å². The molecule has 0 bridgehead atoms. The number of hydrogen-bond donors (Lipinski definition) is 0. The van der Waals surface area contributed by atoms with Gasteiger partial charge in [0.25, 0.3) is 0 Å². The smallest absolute Gasteiger partial charge is 0.156 e. The number of fused-ring (bicyclic) bond motifs is 1. The molecule has 1 aromatic carbocycles. The minimum atomic E-state index is 0.427. The molecule has 28 heavy (non-hydrogen) atoms. The average Bonchev–Trinajstić information content (AvgIpc) is 3.38. The fourth-order valence-electron chi connectivity index (χ4n) is 3.72. The predicted molar refractivity (Wildman–Crippen MR) is 114 cm³/mol. The first-order valence-electron chi connectivity index (χ1n) is 9.22. The van der Waals surface area contributed by atoms with E-state index in [0.717, 1.165) is 39.1 Å². The van der Waals surface area contributed by atoms with E-state index in [9.17, 15) is 0 Å². The van der Waals surface area contributed by atoms with Crippen molar-refractivity contribution < 1.29 is 0 Å². The molecule has 0 aliphatic carbocycles. The molecule has 1 unspecified atom stereocenters. The highest BCUT2D eigenvalue weighted by Gasteiger charge is 2.24. The Morgan fingerprint density at radius 2 is 1.86 bits per heavy atom. The number of anilines is 1. The fraction of sp³-hybridized carbons (Fsp3) is 0.190. The molecule has 0 N–H and O–H groups in total. The maximum atomic E-state index is 4.85. The third kappa shape index (κ3) is 2.82. The summed E-state index contributed by atoms with van der Waals surface area (Å²) in [5.41, 5.74) is 4.17. The van der Waals surface area contributed by atoms with E-state index in [1.165, 1.54) is 5.70 Å². The lowest BCUT2D eigenvalue weighted by Crippen LogP contribution is -2.26. The highest BCUT2D eigenvalue weighted by atomic mass is 79.9. The number of rotatable bonds is 3. The van der Waals surface area contributed by atoms with Crippen LogP contribution in [0, 0.1) is 0 Å². The molecule has 0 fully saturated rings. The Bertz CT molecular complexity index is 1190. The quantitative estimate of drug-likeness (QED) is 0.461. The van der Waals surface area contributed by atoms with Gasteiger partial charge in [0.1, 0.15) is 4.60 Å². The summed E-state index contributed by atoms with van der Waals surface area (Å²) in [6.45, 7) is 4.36. The van der Waals surface area contributed by atoms with E-state index in [1.807, 2.05) is 39.8 Å².